The van der Waals surface area contributed by atoms with Crippen LogP contribution in [0.4, 0.5) is 0 Å². The highest BCUT2D eigenvalue weighted by molar-refractivity contribution is 5.86. The number of hydrogen-bond donors (Lipinski definition) is 0. The Kier molecular flexibility index (Phi) is 3.12. The minimum atomic E-state index is -0.397. The molecule has 1 unspecified atom stereocenters. The Bertz CT molecular complexity index is 262. The van der Waals surface area contributed by atoms with Gasteiger partial charge in [-0.3, -0.25) is 0 Å². The third kappa shape index (κ3) is 2.61. The SMILES string of the molecule is CC(C)C(C)OC(=O)c1ccco1. The summed E-state index contributed by atoms with van der Waals surface area (Å²) in [5.41, 5.74) is 0. The molecule has 0 saturated heterocycles. The lowest BCUT2D eigenvalue weighted by molar-refractivity contribution is 0.0203. The Morgan fingerprint density at radius 3 is 2.62 bits per heavy atom. The van der Waals surface area contributed by atoms with Gasteiger partial charge < -0.3 is 9.15 Å². The maximum absolute atomic E-state index is 11.3. The number of ether oxygens (including phenoxy) is 1. The van der Waals surface area contributed by atoms with Crippen molar-refractivity contribution in [3.05, 3.63) is 24.2 Å². The smallest absolute Gasteiger partial charge is 0.374 e. The van der Waals surface area contributed by atoms with E-state index in [1.165, 1.54) is 6.26 Å². The van der Waals surface area contributed by atoms with Gasteiger partial charge in [0.1, 0.15) is 6.10 Å². The molecule has 1 aromatic heterocycles. The van der Waals surface area contributed by atoms with Crippen molar-refractivity contribution >= 4 is 5.97 Å². The average Bonchev–Trinajstić information content (AvgIpc) is 2.55. The lowest BCUT2D eigenvalue weighted by Crippen LogP contribution is -2.19. The Morgan fingerprint density at radius 2 is 2.15 bits per heavy atom. The number of hydrogen-bond acceptors (Lipinski definition) is 3. The summed E-state index contributed by atoms with van der Waals surface area (Å²) in [7, 11) is 0. The molecule has 0 saturated carbocycles. The summed E-state index contributed by atoms with van der Waals surface area (Å²) >= 11 is 0. The zero-order chi connectivity index (χ0) is 9.84. The quantitative estimate of drug-likeness (QED) is 0.674. The third-order valence-electron chi connectivity index (χ3n) is 1.95. The van der Waals surface area contributed by atoms with Gasteiger partial charge in [-0.05, 0) is 25.0 Å². The zero-order valence-corrected chi connectivity index (χ0v) is 8.11. The normalized spacial score (nSPS) is 12.9. The van der Waals surface area contributed by atoms with Crippen molar-refractivity contribution in [1.82, 2.24) is 0 Å². The number of furan rings is 1. The fourth-order valence-corrected chi connectivity index (χ4v) is 0.758. The van der Waals surface area contributed by atoms with E-state index in [2.05, 4.69) is 0 Å². The topological polar surface area (TPSA) is 39.4 Å². The van der Waals surface area contributed by atoms with Gasteiger partial charge in [-0.25, -0.2) is 4.79 Å². The van der Waals surface area contributed by atoms with Gasteiger partial charge in [0.15, 0.2) is 0 Å². The van der Waals surface area contributed by atoms with Crippen LogP contribution in [0, 0.1) is 5.92 Å². The second-order valence-electron chi connectivity index (χ2n) is 3.33. The minimum Gasteiger partial charge on any atom is -0.457 e. The Labute approximate surface area is 77.7 Å². The fraction of sp³-hybridized carbons (Fsp3) is 0.500. The van der Waals surface area contributed by atoms with E-state index in [1.807, 2.05) is 20.8 Å². The van der Waals surface area contributed by atoms with Gasteiger partial charge >= 0.3 is 5.97 Å². The standard InChI is InChI=1S/C10H14O3/c1-7(2)8(3)13-10(11)9-5-4-6-12-9/h4-8H,1-3H3. The van der Waals surface area contributed by atoms with Crippen molar-refractivity contribution in [3.63, 3.8) is 0 Å². The lowest BCUT2D eigenvalue weighted by atomic mass is 10.1. The summed E-state index contributed by atoms with van der Waals surface area (Å²) in [6.07, 6.45) is 1.37. The first-order valence-corrected chi connectivity index (χ1v) is 4.35. The lowest BCUT2D eigenvalue weighted by Gasteiger charge is -2.15. The fourth-order valence-electron chi connectivity index (χ4n) is 0.758. The van der Waals surface area contributed by atoms with Crippen LogP contribution in [0.3, 0.4) is 0 Å². The molecule has 0 aliphatic carbocycles. The summed E-state index contributed by atoms with van der Waals surface area (Å²) in [4.78, 5) is 11.3. The molecule has 0 aliphatic heterocycles. The van der Waals surface area contributed by atoms with Gasteiger partial charge in [-0.15, -0.1) is 0 Å². The first kappa shape index (κ1) is 9.84. The number of rotatable bonds is 3. The molecule has 1 rings (SSSR count). The Hall–Kier alpha value is -1.25. The summed E-state index contributed by atoms with van der Waals surface area (Å²) in [6.45, 7) is 5.87. The van der Waals surface area contributed by atoms with Crippen molar-refractivity contribution in [2.75, 3.05) is 0 Å². The van der Waals surface area contributed by atoms with Crippen LogP contribution in [0.5, 0.6) is 0 Å². The number of carbonyl (C=O) groups excluding carboxylic acids is 1. The zero-order valence-electron chi connectivity index (χ0n) is 8.11. The maximum atomic E-state index is 11.3. The van der Waals surface area contributed by atoms with Gasteiger partial charge in [0.25, 0.3) is 0 Å². The predicted octanol–water partition coefficient (Wildman–Crippen LogP) is 2.48. The van der Waals surface area contributed by atoms with E-state index in [9.17, 15) is 4.79 Å². The van der Waals surface area contributed by atoms with E-state index >= 15 is 0 Å². The molecule has 1 atom stereocenters. The summed E-state index contributed by atoms with van der Waals surface area (Å²) < 4.78 is 10.0. The molecule has 72 valence electrons. The van der Waals surface area contributed by atoms with E-state index in [0.717, 1.165) is 0 Å². The van der Waals surface area contributed by atoms with Crippen molar-refractivity contribution in [3.8, 4) is 0 Å². The van der Waals surface area contributed by atoms with Crippen LogP contribution in [-0.2, 0) is 4.74 Å². The maximum Gasteiger partial charge on any atom is 0.374 e. The molecule has 0 fully saturated rings. The van der Waals surface area contributed by atoms with Crippen LogP contribution in [0.2, 0.25) is 0 Å². The Morgan fingerprint density at radius 1 is 1.46 bits per heavy atom. The molecular weight excluding hydrogens is 168 g/mol. The number of esters is 1. The van der Waals surface area contributed by atoms with Gasteiger partial charge in [-0.2, -0.15) is 0 Å². The molecule has 0 aliphatic rings. The molecule has 1 aromatic rings. The monoisotopic (exact) mass is 182 g/mol. The van der Waals surface area contributed by atoms with Crippen molar-refractivity contribution in [2.24, 2.45) is 5.92 Å². The summed E-state index contributed by atoms with van der Waals surface area (Å²) in [5.74, 6) is 0.178. The van der Waals surface area contributed by atoms with Crippen molar-refractivity contribution < 1.29 is 13.9 Å². The van der Waals surface area contributed by atoms with Crippen LogP contribution in [0.25, 0.3) is 0 Å². The summed E-state index contributed by atoms with van der Waals surface area (Å²) in [6, 6.07) is 3.26. The van der Waals surface area contributed by atoms with E-state index in [4.69, 9.17) is 9.15 Å². The number of carbonyl (C=O) groups is 1. The molecule has 0 radical (unpaired) electrons. The van der Waals surface area contributed by atoms with Crippen LogP contribution >= 0.6 is 0 Å². The van der Waals surface area contributed by atoms with Crippen LogP contribution in [0.1, 0.15) is 31.3 Å². The average molecular weight is 182 g/mol. The van der Waals surface area contributed by atoms with Crippen LogP contribution < -0.4 is 0 Å². The highest BCUT2D eigenvalue weighted by atomic mass is 16.6. The van der Waals surface area contributed by atoms with Gasteiger partial charge in [0, 0.05) is 0 Å². The molecule has 1 heterocycles. The van der Waals surface area contributed by atoms with E-state index in [1.54, 1.807) is 12.1 Å². The predicted molar refractivity (Wildman–Crippen MR) is 48.4 cm³/mol. The summed E-state index contributed by atoms with van der Waals surface area (Å²) in [5, 5.41) is 0. The molecular formula is C10H14O3. The van der Waals surface area contributed by atoms with Crippen LogP contribution in [0.15, 0.2) is 22.8 Å². The second kappa shape index (κ2) is 4.12. The molecule has 3 heteroatoms. The molecule has 0 amide bonds. The Balaban J connectivity index is 2.52. The third-order valence-corrected chi connectivity index (χ3v) is 1.95. The van der Waals surface area contributed by atoms with Crippen LogP contribution in [-0.4, -0.2) is 12.1 Å². The molecule has 13 heavy (non-hydrogen) atoms. The molecule has 0 bridgehead atoms. The van der Waals surface area contributed by atoms with Gasteiger partial charge in [0.2, 0.25) is 5.76 Å². The first-order valence-electron chi connectivity index (χ1n) is 4.35. The first-order chi connectivity index (χ1) is 6.11. The van der Waals surface area contributed by atoms with E-state index < -0.39 is 5.97 Å². The molecule has 3 nitrogen and oxygen atoms in total. The molecule has 0 N–H and O–H groups in total. The highest BCUT2D eigenvalue weighted by Gasteiger charge is 2.16. The van der Waals surface area contributed by atoms with Gasteiger partial charge in [-0.1, -0.05) is 13.8 Å². The van der Waals surface area contributed by atoms with Gasteiger partial charge in [0.05, 0.1) is 6.26 Å². The van der Waals surface area contributed by atoms with E-state index in [-0.39, 0.29) is 11.9 Å². The molecule has 0 spiro atoms. The van der Waals surface area contributed by atoms with E-state index in [0.29, 0.717) is 5.92 Å². The highest BCUT2D eigenvalue weighted by Crippen LogP contribution is 2.09. The van der Waals surface area contributed by atoms with Crippen molar-refractivity contribution in [2.45, 2.75) is 26.9 Å². The molecule has 0 aromatic carbocycles. The largest absolute Gasteiger partial charge is 0.457 e. The minimum absolute atomic E-state index is 0.0856. The second-order valence-corrected chi connectivity index (χ2v) is 3.33. The van der Waals surface area contributed by atoms with Crippen molar-refractivity contribution in [1.29, 1.82) is 0 Å².